The van der Waals surface area contributed by atoms with E-state index in [1.165, 1.54) is 22.7 Å². The second-order valence-electron chi connectivity index (χ2n) is 10.7. The van der Waals surface area contributed by atoms with E-state index in [1.54, 1.807) is 17.0 Å². The van der Waals surface area contributed by atoms with Crippen LogP contribution in [0.2, 0.25) is 0 Å². The van der Waals surface area contributed by atoms with Gasteiger partial charge in [0.1, 0.15) is 12.4 Å². The van der Waals surface area contributed by atoms with Crippen molar-refractivity contribution in [3.63, 3.8) is 0 Å². The molecule has 1 atom stereocenters. The minimum atomic E-state index is -0.348. The highest BCUT2D eigenvalue weighted by atomic mass is 19.1. The van der Waals surface area contributed by atoms with Gasteiger partial charge in [-0.3, -0.25) is 14.5 Å². The molecule has 2 heterocycles. The molecule has 0 N–H and O–H groups in total. The predicted molar refractivity (Wildman–Crippen MR) is 144 cm³/mol. The first kappa shape index (κ1) is 26.5. The molecule has 2 aromatic carbocycles. The van der Waals surface area contributed by atoms with E-state index in [2.05, 4.69) is 30.9 Å². The number of rotatable bonds is 8. The Hall–Kier alpha value is -3.10. The Morgan fingerprint density at radius 2 is 1.79 bits per heavy atom. The number of morpholine rings is 1. The van der Waals surface area contributed by atoms with Crippen LogP contribution in [0.3, 0.4) is 0 Å². The summed E-state index contributed by atoms with van der Waals surface area (Å²) in [6.07, 6.45) is 3.37. The molecular weight excluding hydrogens is 483 g/mol. The molecule has 2 fully saturated rings. The number of halogens is 1. The highest BCUT2D eigenvalue weighted by Crippen LogP contribution is 2.34. The Labute approximate surface area is 224 Å². The molecule has 0 bridgehead atoms. The zero-order valence-electron chi connectivity index (χ0n) is 22.4. The smallest absolute Gasteiger partial charge is 0.262 e. The first-order valence-electron chi connectivity index (χ1n) is 13.7. The van der Waals surface area contributed by atoms with Gasteiger partial charge in [0.05, 0.1) is 25.0 Å². The molecule has 2 aromatic rings. The van der Waals surface area contributed by atoms with Gasteiger partial charge in [0.25, 0.3) is 5.91 Å². The molecule has 38 heavy (non-hydrogen) atoms. The second-order valence-corrected chi connectivity index (χ2v) is 10.7. The van der Waals surface area contributed by atoms with Gasteiger partial charge in [-0.2, -0.15) is 5.10 Å². The average Bonchev–Trinajstić information content (AvgIpc) is 3.34. The molecule has 7 nitrogen and oxygen atoms in total. The van der Waals surface area contributed by atoms with E-state index < -0.39 is 0 Å². The van der Waals surface area contributed by atoms with E-state index in [0.29, 0.717) is 32.7 Å². The average molecular weight is 521 g/mol. The van der Waals surface area contributed by atoms with Crippen LogP contribution in [-0.4, -0.2) is 78.3 Å². The third-order valence-electron chi connectivity index (χ3n) is 8.14. The van der Waals surface area contributed by atoms with Crippen molar-refractivity contribution in [3.8, 4) is 0 Å². The number of benzene rings is 2. The largest absolute Gasteiger partial charge is 0.379 e. The van der Waals surface area contributed by atoms with Crippen LogP contribution in [0.25, 0.3) is 0 Å². The maximum Gasteiger partial charge on any atom is 0.262 e. The molecule has 1 saturated heterocycles. The summed E-state index contributed by atoms with van der Waals surface area (Å²) in [5, 5.41) is 6.31. The number of aryl methyl sites for hydroxylation is 2. The Morgan fingerprint density at radius 1 is 1.05 bits per heavy atom. The van der Waals surface area contributed by atoms with Gasteiger partial charge in [-0.25, -0.2) is 9.40 Å². The van der Waals surface area contributed by atoms with Gasteiger partial charge in [0, 0.05) is 38.5 Å². The van der Waals surface area contributed by atoms with E-state index in [9.17, 15) is 14.0 Å². The van der Waals surface area contributed by atoms with Crippen LogP contribution in [-0.2, 0) is 14.3 Å². The van der Waals surface area contributed by atoms with Crippen molar-refractivity contribution >= 4 is 17.5 Å². The maximum atomic E-state index is 13.8. The summed E-state index contributed by atoms with van der Waals surface area (Å²) >= 11 is 0. The standard InChI is InChI=1S/C30H37FN4O3/c1-21-6-7-25(18-22(21)2)27-19-28(23-8-10-26(31)11-9-23)35(32-27)29(36)20-34(30(37)24-4-3-5-24)13-12-33-14-16-38-17-15-33/h6-11,18,24,28H,3-5,12-17,19-20H2,1-2H3/t28-/m1/s1. The van der Waals surface area contributed by atoms with Gasteiger partial charge in [-0.05, 0) is 67.1 Å². The van der Waals surface area contributed by atoms with Crippen molar-refractivity contribution in [2.75, 3.05) is 45.9 Å². The number of carbonyl (C=O) groups excluding carboxylic acids is 2. The van der Waals surface area contributed by atoms with Crippen LogP contribution in [0.4, 0.5) is 4.39 Å². The van der Waals surface area contributed by atoms with E-state index in [1.807, 2.05) is 6.07 Å². The number of hydrazone groups is 1. The topological polar surface area (TPSA) is 65.5 Å². The summed E-state index contributed by atoms with van der Waals surface area (Å²) in [5.74, 6) is -0.463. The molecular formula is C30H37FN4O3. The Kier molecular flexibility index (Phi) is 8.19. The zero-order chi connectivity index (χ0) is 26.6. The monoisotopic (exact) mass is 520 g/mol. The van der Waals surface area contributed by atoms with Crippen molar-refractivity contribution in [1.29, 1.82) is 0 Å². The summed E-state index contributed by atoms with van der Waals surface area (Å²) < 4.78 is 19.2. The molecule has 2 amide bonds. The Morgan fingerprint density at radius 3 is 2.45 bits per heavy atom. The Bertz CT molecular complexity index is 1190. The third-order valence-corrected chi connectivity index (χ3v) is 8.14. The van der Waals surface area contributed by atoms with Crippen molar-refractivity contribution in [3.05, 3.63) is 70.5 Å². The van der Waals surface area contributed by atoms with Crippen molar-refractivity contribution in [2.24, 2.45) is 11.0 Å². The van der Waals surface area contributed by atoms with E-state index >= 15 is 0 Å². The number of hydrogen-bond acceptors (Lipinski definition) is 5. The van der Waals surface area contributed by atoms with Crippen LogP contribution in [0, 0.1) is 25.6 Å². The molecule has 3 aliphatic rings. The molecule has 1 saturated carbocycles. The molecule has 0 aromatic heterocycles. The summed E-state index contributed by atoms with van der Waals surface area (Å²) in [5.41, 5.74) is 4.98. The van der Waals surface area contributed by atoms with Crippen LogP contribution >= 0.6 is 0 Å². The highest BCUT2D eigenvalue weighted by molar-refractivity contribution is 6.03. The van der Waals surface area contributed by atoms with Crippen molar-refractivity contribution in [1.82, 2.24) is 14.8 Å². The fourth-order valence-corrected chi connectivity index (χ4v) is 5.28. The van der Waals surface area contributed by atoms with Gasteiger partial charge >= 0.3 is 0 Å². The van der Waals surface area contributed by atoms with Crippen LogP contribution in [0.15, 0.2) is 47.6 Å². The zero-order valence-corrected chi connectivity index (χ0v) is 22.4. The fraction of sp³-hybridized carbons (Fsp3) is 0.500. The molecule has 0 radical (unpaired) electrons. The lowest BCUT2D eigenvalue weighted by Gasteiger charge is -2.34. The van der Waals surface area contributed by atoms with Crippen LogP contribution in [0.5, 0.6) is 0 Å². The fourth-order valence-electron chi connectivity index (χ4n) is 5.28. The number of amides is 2. The number of nitrogens with zero attached hydrogens (tertiary/aromatic N) is 4. The first-order chi connectivity index (χ1) is 18.4. The lowest BCUT2D eigenvalue weighted by atomic mass is 9.84. The number of ether oxygens (including phenoxy) is 1. The van der Waals surface area contributed by atoms with Gasteiger partial charge < -0.3 is 9.64 Å². The summed E-state index contributed by atoms with van der Waals surface area (Å²) in [6, 6.07) is 12.1. The van der Waals surface area contributed by atoms with E-state index in [4.69, 9.17) is 9.84 Å². The first-order valence-corrected chi connectivity index (χ1v) is 13.7. The van der Waals surface area contributed by atoms with E-state index in [-0.39, 0.29) is 36.1 Å². The van der Waals surface area contributed by atoms with E-state index in [0.717, 1.165) is 54.8 Å². The molecule has 8 heteroatoms. The van der Waals surface area contributed by atoms with Crippen molar-refractivity contribution in [2.45, 2.75) is 45.6 Å². The lowest BCUT2D eigenvalue weighted by Crippen LogP contribution is -2.49. The van der Waals surface area contributed by atoms with Gasteiger partial charge in [-0.15, -0.1) is 0 Å². The summed E-state index contributed by atoms with van der Waals surface area (Å²) in [4.78, 5) is 31.1. The molecule has 5 rings (SSSR count). The van der Waals surface area contributed by atoms with Gasteiger partial charge in [0.15, 0.2) is 0 Å². The minimum absolute atomic E-state index is 0.00792. The number of carbonyl (C=O) groups is 2. The summed E-state index contributed by atoms with van der Waals surface area (Å²) in [7, 11) is 0. The van der Waals surface area contributed by atoms with Gasteiger partial charge in [0.2, 0.25) is 5.91 Å². The SMILES string of the molecule is Cc1ccc(C2=NN(C(=O)CN(CCN3CCOCC3)C(=O)C3CCC3)[C@@H](c3ccc(F)cc3)C2)cc1C. The predicted octanol–water partition coefficient (Wildman–Crippen LogP) is 4.08. The minimum Gasteiger partial charge on any atom is -0.379 e. The molecule has 2 aliphatic heterocycles. The lowest BCUT2D eigenvalue weighted by molar-refractivity contribution is -0.145. The summed E-state index contributed by atoms with van der Waals surface area (Å²) in [6.45, 7) is 8.39. The molecule has 0 unspecified atom stereocenters. The van der Waals surface area contributed by atoms with Crippen molar-refractivity contribution < 1.29 is 18.7 Å². The number of hydrogen-bond donors (Lipinski definition) is 0. The Balaban J connectivity index is 1.38. The third kappa shape index (κ3) is 5.97. The van der Waals surface area contributed by atoms with Gasteiger partial charge in [-0.1, -0.05) is 30.7 Å². The molecule has 202 valence electrons. The van der Waals surface area contributed by atoms with Crippen LogP contribution < -0.4 is 0 Å². The quantitative estimate of drug-likeness (QED) is 0.526. The normalized spacial score (nSPS) is 20.2. The second kappa shape index (κ2) is 11.7. The molecule has 1 aliphatic carbocycles. The molecule has 0 spiro atoms. The maximum absolute atomic E-state index is 13.8. The highest BCUT2D eigenvalue weighted by Gasteiger charge is 2.36. The van der Waals surface area contributed by atoms with Crippen LogP contribution in [0.1, 0.15) is 54.0 Å².